The number of likely N-dealkylation sites (tertiary alicyclic amines) is 1. The predicted octanol–water partition coefficient (Wildman–Crippen LogP) is 4.83. The Morgan fingerprint density at radius 3 is 2.63 bits per heavy atom. The van der Waals surface area contributed by atoms with Gasteiger partial charge >= 0.3 is 0 Å². The number of nitrogens with zero attached hydrogens (tertiary/aromatic N) is 3. The summed E-state index contributed by atoms with van der Waals surface area (Å²) in [5.74, 6) is 1.56. The Morgan fingerprint density at radius 2 is 1.89 bits per heavy atom. The quantitative estimate of drug-likeness (QED) is 0.645. The lowest BCUT2D eigenvalue weighted by atomic mass is 9.89. The standard InChI is InChI=1S/C23H28FN3/c1-17-6-3-9-21-23(17)26(2)22(25-21)10-5-13-27-14-11-18(12-15-27)19-7-4-8-20(24)16-19/h3-4,6-9,16,18H,5,10-15H2,1-2H3. The number of imidazole rings is 1. The molecule has 142 valence electrons. The lowest BCUT2D eigenvalue weighted by molar-refractivity contribution is 0.209. The third-order valence-corrected chi connectivity index (χ3v) is 5.97. The highest BCUT2D eigenvalue weighted by molar-refractivity contribution is 5.79. The second kappa shape index (κ2) is 7.81. The van der Waals surface area contributed by atoms with Gasteiger partial charge in [0.05, 0.1) is 11.0 Å². The fourth-order valence-corrected chi connectivity index (χ4v) is 4.45. The van der Waals surface area contributed by atoms with Gasteiger partial charge < -0.3 is 9.47 Å². The van der Waals surface area contributed by atoms with Crippen LogP contribution in [0.1, 0.15) is 42.1 Å². The van der Waals surface area contributed by atoms with E-state index < -0.39 is 0 Å². The SMILES string of the molecule is Cc1cccc2nc(CCCN3CCC(c4cccc(F)c4)CC3)n(C)c12. The molecule has 0 saturated carbocycles. The summed E-state index contributed by atoms with van der Waals surface area (Å²) in [6, 6.07) is 13.5. The molecule has 1 fully saturated rings. The van der Waals surface area contributed by atoms with Gasteiger partial charge in [-0.2, -0.15) is 0 Å². The first-order valence-electron chi connectivity index (χ1n) is 10.0. The molecular formula is C23H28FN3. The van der Waals surface area contributed by atoms with Gasteiger partial charge in [0.1, 0.15) is 11.6 Å². The molecule has 0 radical (unpaired) electrons. The number of hydrogen-bond acceptors (Lipinski definition) is 2. The summed E-state index contributed by atoms with van der Waals surface area (Å²) in [4.78, 5) is 7.37. The van der Waals surface area contributed by atoms with Crippen LogP contribution in [0.2, 0.25) is 0 Å². The number of halogens is 1. The summed E-state index contributed by atoms with van der Waals surface area (Å²) in [7, 11) is 2.13. The molecule has 0 aliphatic carbocycles. The van der Waals surface area contributed by atoms with Crippen LogP contribution in [0.25, 0.3) is 11.0 Å². The summed E-state index contributed by atoms with van der Waals surface area (Å²) < 4.78 is 15.7. The average molecular weight is 365 g/mol. The molecule has 0 spiro atoms. The van der Waals surface area contributed by atoms with Crippen molar-refractivity contribution in [2.45, 2.75) is 38.5 Å². The van der Waals surface area contributed by atoms with Gasteiger partial charge in [-0.1, -0.05) is 24.3 Å². The molecule has 2 aromatic carbocycles. The summed E-state index contributed by atoms with van der Waals surface area (Å²) in [6.45, 7) is 5.46. The number of para-hydroxylation sites is 1. The molecule has 3 nitrogen and oxygen atoms in total. The molecule has 3 aromatic rings. The molecule has 0 bridgehead atoms. The number of rotatable bonds is 5. The van der Waals surface area contributed by atoms with Gasteiger partial charge in [-0.05, 0) is 81.1 Å². The second-order valence-electron chi connectivity index (χ2n) is 7.80. The number of piperidine rings is 1. The third kappa shape index (κ3) is 3.91. The van der Waals surface area contributed by atoms with Crippen molar-refractivity contribution in [1.82, 2.24) is 14.5 Å². The molecule has 1 aliphatic rings. The van der Waals surface area contributed by atoms with E-state index in [1.54, 1.807) is 6.07 Å². The lowest BCUT2D eigenvalue weighted by Crippen LogP contribution is -2.34. The van der Waals surface area contributed by atoms with E-state index in [0.717, 1.165) is 56.4 Å². The summed E-state index contributed by atoms with van der Waals surface area (Å²) in [5, 5.41) is 0. The number of benzene rings is 2. The lowest BCUT2D eigenvalue weighted by Gasteiger charge is -2.32. The highest BCUT2D eigenvalue weighted by Crippen LogP contribution is 2.28. The number of hydrogen-bond donors (Lipinski definition) is 0. The Balaban J connectivity index is 1.30. The van der Waals surface area contributed by atoms with E-state index in [4.69, 9.17) is 4.98 Å². The van der Waals surface area contributed by atoms with Crippen molar-refractivity contribution in [3.63, 3.8) is 0 Å². The van der Waals surface area contributed by atoms with E-state index in [-0.39, 0.29) is 5.82 Å². The smallest absolute Gasteiger partial charge is 0.123 e. The van der Waals surface area contributed by atoms with Gasteiger partial charge in [-0.25, -0.2) is 9.37 Å². The van der Waals surface area contributed by atoms with Crippen molar-refractivity contribution < 1.29 is 4.39 Å². The first-order chi connectivity index (χ1) is 13.1. The van der Waals surface area contributed by atoms with Gasteiger partial charge in [0.25, 0.3) is 0 Å². The van der Waals surface area contributed by atoms with Crippen LogP contribution in [0.5, 0.6) is 0 Å². The zero-order valence-corrected chi connectivity index (χ0v) is 16.3. The Labute approximate surface area is 160 Å². The minimum Gasteiger partial charge on any atom is -0.331 e. The molecule has 1 saturated heterocycles. The highest BCUT2D eigenvalue weighted by atomic mass is 19.1. The maximum absolute atomic E-state index is 13.4. The molecule has 4 rings (SSSR count). The second-order valence-corrected chi connectivity index (χ2v) is 7.80. The van der Waals surface area contributed by atoms with Crippen molar-refractivity contribution in [3.8, 4) is 0 Å². The molecule has 1 aliphatic heterocycles. The maximum atomic E-state index is 13.4. The predicted molar refractivity (Wildman–Crippen MR) is 109 cm³/mol. The van der Waals surface area contributed by atoms with Crippen LogP contribution in [0.4, 0.5) is 4.39 Å². The first-order valence-corrected chi connectivity index (χ1v) is 10.0. The van der Waals surface area contributed by atoms with E-state index in [1.165, 1.54) is 23.0 Å². The fraction of sp³-hybridized carbons (Fsp3) is 0.435. The van der Waals surface area contributed by atoms with Crippen LogP contribution in [-0.4, -0.2) is 34.1 Å². The third-order valence-electron chi connectivity index (χ3n) is 5.97. The van der Waals surface area contributed by atoms with Crippen molar-refractivity contribution in [3.05, 3.63) is 65.2 Å². The Hall–Kier alpha value is -2.20. The molecular weight excluding hydrogens is 337 g/mol. The van der Waals surface area contributed by atoms with Gasteiger partial charge in [-0.15, -0.1) is 0 Å². The highest BCUT2D eigenvalue weighted by Gasteiger charge is 2.20. The Morgan fingerprint density at radius 1 is 1.11 bits per heavy atom. The minimum atomic E-state index is -0.118. The molecule has 0 amide bonds. The monoisotopic (exact) mass is 365 g/mol. The van der Waals surface area contributed by atoms with Crippen LogP contribution in [0, 0.1) is 12.7 Å². The zero-order valence-electron chi connectivity index (χ0n) is 16.3. The fourth-order valence-electron chi connectivity index (χ4n) is 4.45. The first kappa shape index (κ1) is 18.2. The number of aryl methyl sites for hydroxylation is 3. The summed E-state index contributed by atoms with van der Waals surface area (Å²) in [6.07, 6.45) is 4.37. The summed E-state index contributed by atoms with van der Waals surface area (Å²) >= 11 is 0. The van der Waals surface area contributed by atoms with Crippen molar-refractivity contribution >= 4 is 11.0 Å². The molecule has 0 unspecified atom stereocenters. The molecule has 1 aromatic heterocycles. The normalized spacial score (nSPS) is 16.3. The zero-order chi connectivity index (χ0) is 18.8. The van der Waals surface area contributed by atoms with Gasteiger partial charge in [0.2, 0.25) is 0 Å². The number of aromatic nitrogens is 2. The van der Waals surface area contributed by atoms with E-state index in [9.17, 15) is 4.39 Å². The molecule has 0 atom stereocenters. The van der Waals surface area contributed by atoms with Crippen LogP contribution in [0.3, 0.4) is 0 Å². The van der Waals surface area contributed by atoms with Crippen LogP contribution < -0.4 is 0 Å². The molecule has 27 heavy (non-hydrogen) atoms. The minimum absolute atomic E-state index is 0.118. The number of fused-ring (bicyclic) bond motifs is 1. The van der Waals surface area contributed by atoms with E-state index >= 15 is 0 Å². The molecule has 0 N–H and O–H groups in total. The van der Waals surface area contributed by atoms with Crippen molar-refractivity contribution in [2.75, 3.05) is 19.6 Å². The van der Waals surface area contributed by atoms with Crippen LogP contribution >= 0.6 is 0 Å². The van der Waals surface area contributed by atoms with Crippen LogP contribution in [-0.2, 0) is 13.5 Å². The van der Waals surface area contributed by atoms with Crippen molar-refractivity contribution in [1.29, 1.82) is 0 Å². The Bertz CT molecular complexity index is 923. The van der Waals surface area contributed by atoms with E-state index in [2.05, 4.69) is 47.7 Å². The maximum Gasteiger partial charge on any atom is 0.123 e. The van der Waals surface area contributed by atoms with Gasteiger partial charge in [0, 0.05) is 13.5 Å². The average Bonchev–Trinajstić information content (AvgIpc) is 2.99. The molecule has 4 heteroatoms. The van der Waals surface area contributed by atoms with Gasteiger partial charge in [0.15, 0.2) is 0 Å². The molecule has 2 heterocycles. The summed E-state index contributed by atoms with van der Waals surface area (Å²) in [5.41, 5.74) is 4.80. The largest absolute Gasteiger partial charge is 0.331 e. The van der Waals surface area contributed by atoms with Gasteiger partial charge in [-0.3, -0.25) is 0 Å². The van der Waals surface area contributed by atoms with E-state index in [1.807, 2.05) is 6.07 Å². The Kier molecular flexibility index (Phi) is 5.26. The van der Waals surface area contributed by atoms with Crippen molar-refractivity contribution in [2.24, 2.45) is 7.05 Å². The van der Waals surface area contributed by atoms with Crippen LogP contribution in [0.15, 0.2) is 42.5 Å². The topological polar surface area (TPSA) is 21.1 Å². The van der Waals surface area contributed by atoms with E-state index in [0.29, 0.717) is 5.92 Å².